The molecule has 2 aromatic rings. The molecule has 1 aliphatic heterocycles. The number of methoxy groups -OCH3 is 1. The molecular weight excluding hydrogens is 252 g/mol. The number of rotatable bonds is 2. The Bertz CT molecular complexity index is 659. The first-order valence-corrected chi connectivity index (χ1v) is 6.37. The minimum atomic E-state index is 0.0716. The molecule has 4 heteroatoms. The van der Waals surface area contributed by atoms with Crippen molar-refractivity contribution in [1.29, 1.82) is 5.26 Å². The number of benzene rings is 2. The summed E-state index contributed by atoms with van der Waals surface area (Å²) >= 11 is 0. The number of hydrogen-bond donors (Lipinski definition) is 1. The summed E-state index contributed by atoms with van der Waals surface area (Å²) in [7, 11) is 1.65. The highest BCUT2D eigenvalue weighted by molar-refractivity contribution is 5.62. The fourth-order valence-electron chi connectivity index (χ4n) is 2.26. The molecule has 1 aliphatic rings. The summed E-state index contributed by atoms with van der Waals surface area (Å²) in [6.07, 6.45) is 0. The lowest BCUT2D eigenvalue weighted by molar-refractivity contribution is 0.286. The van der Waals surface area contributed by atoms with Gasteiger partial charge in [0.2, 0.25) is 0 Å². The van der Waals surface area contributed by atoms with Crippen LogP contribution in [-0.2, 0) is 0 Å². The van der Waals surface area contributed by atoms with E-state index >= 15 is 0 Å². The van der Waals surface area contributed by atoms with Gasteiger partial charge < -0.3 is 14.8 Å². The summed E-state index contributed by atoms with van der Waals surface area (Å²) in [5.74, 6) is 1.62. The van der Waals surface area contributed by atoms with E-state index in [4.69, 9.17) is 14.7 Å². The Morgan fingerprint density at radius 3 is 2.75 bits per heavy atom. The summed E-state index contributed by atoms with van der Waals surface area (Å²) in [5.41, 5.74) is 2.60. The molecule has 0 spiro atoms. The van der Waals surface area contributed by atoms with E-state index in [0.717, 1.165) is 22.7 Å². The average Bonchev–Trinajstić information content (AvgIpc) is 2.54. The summed E-state index contributed by atoms with van der Waals surface area (Å²) in [6, 6.07) is 15.5. The highest BCUT2D eigenvalue weighted by Crippen LogP contribution is 2.34. The van der Waals surface area contributed by atoms with Crippen LogP contribution in [0.25, 0.3) is 0 Å². The van der Waals surface area contributed by atoms with Crippen LogP contribution in [0.15, 0.2) is 42.5 Å². The predicted molar refractivity (Wildman–Crippen MR) is 76.0 cm³/mol. The maximum atomic E-state index is 8.95. The monoisotopic (exact) mass is 266 g/mol. The number of fused-ring (bicyclic) bond motifs is 1. The van der Waals surface area contributed by atoms with Gasteiger partial charge in [0, 0.05) is 0 Å². The van der Waals surface area contributed by atoms with E-state index in [9.17, 15) is 0 Å². The van der Waals surface area contributed by atoms with Crippen molar-refractivity contribution >= 4 is 5.69 Å². The van der Waals surface area contributed by atoms with Gasteiger partial charge in [-0.25, -0.2) is 0 Å². The Morgan fingerprint density at radius 2 is 2.05 bits per heavy atom. The third-order valence-electron chi connectivity index (χ3n) is 3.36. The van der Waals surface area contributed by atoms with Crippen molar-refractivity contribution in [3.63, 3.8) is 0 Å². The van der Waals surface area contributed by atoms with Gasteiger partial charge in [0.1, 0.15) is 18.1 Å². The molecule has 1 unspecified atom stereocenters. The minimum Gasteiger partial charge on any atom is -0.497 e. The normalized spacial score (nSPS) is 16.3. The molecule has 0 aromatic heterocycles. The third-order valence-corrected chi connectivity index (χ3v) is 3.36. The summed E-state index contributed by atoms with van der Waals surface area (Å²) < 4.78 is 10.9. The number of nitriles is 1. The van der Waals surface area contributed by atoms with Crippen molar-refractivity contribution in [2.24, 2.45) is 0 Å². The van der Waals surface area contributed by atoms with E-state index in [0.29, 0.717) is 12.2 Å². The fourth-order valence-corrected chi connectivity index (χ4v) is 2.26. The van der Waals surface area contributed by atoms with Crippen LogP contribution in [0.3, 0.4) is 0 Å². The number of anilines is 1. The van der Waals surface area contributed by atoms with Gasteiger partial charge in [-0.2, -0.15) is 5.26 Å². The van der Waals surface area contributed by atoms with E-state index in [1.165, 1.54) is 0 Å². The van der Waals surface area contributed by atoms with Gasteiger partial charge >= 0.3 is 0 Å². The minimum absolute atomic E-state index is 0.0716. The standard InChI is InChI=1S/C16H14N2O2/c1-19-13-5-3-12(4-6-13)15-10-20-16-7-2-11(9-17)8-14(16)18-15/h2-8,15,18H,10H2,1H3. The Hall–Kier alpha value is -2.67. The van der Waals surface area contributed by atoms with Crippen LogP contribution in [0.5, 0.6) is 11.5 Å². The van der Waals surface area contributed by atoms with Gasteiger partial charge in [0.05, 0.1) is 30.5 Å². The van der Waals surface area contributed by atoms with E-state index in [1.54, 1.807) is 13.2 Å². The molecule has 0 aliphatic carbocycles. The van der Waals surface area contributed by atoms with Crippen molar-refractivity contribution in [1.82, 2.24) is 0 Å². The predicted octanol–water partition coefficient (Wildman–Crippen LogP) is 3.11. The zero-order valence-electron chi connectivity index (χ0n) is 11.1. The lowest BCUT2D eigenvalue weighted by Gasteiger charge is -2.28. The van der Waals surface area contributed by atoms with Crippen molar-refractivity contribution in [3.8, 4) is 17.6 Å². The van der Waals surface area contributed by atoms with Gasteiger partial charge in [-0.15, -0.1) is 0 Å². The molecular formula is C16H14N2O2. The first-order chi connectivity index (χ1) is 9.80. The smallest absolute Gasteiger partial charge is 0.142 e. The second-order valence-electron chi connectivity index (χ2n) is 4.60. The Kier molecular flexibility index (Phi) is 3.18. The van der Waals surface area contributed by atoms with E-state index in [2.05, 4.69) is 11.4 Å². The maximum Gasteiger partial charge on any atom is 0.142 e. The lowest BCUT2D eigenvalue weighted by Crippen LogP contribution is -2.23. The average molecular weight is 266 g/mol. The molecule has 3 rings (SSSR count). The maximum absolute atomic E-state index is 8.95. The van der Waals surface area contributed by atoms with Crippen LogP contribution >= 0.6 is 0 Å². The molecule has 1 heterocycles. The van der Waals surface area contributed by atoms with Gasteiger partial charge in [-0.05, 0) is 35.9 Å². The Balaban J connectivity index is 1.85. The van der Waals surface area contributed by atoms with Crippen molar-refractivity contribution in [3.05, 3.63) is 53.6 Å². The first kappa shape index (κ1) is 12.4. The molecule has 0 saturated heterocycles. The largest absolute Gasteiger partial charge is 0.497 e. The number of nitrogens with one attached hydrogen (secondary N) is 1. The highest BCUT2D eigenvalue weighted by atomic mass is 16.5. The molecule has 100 valence electrons. The van der Waals surface area contributed by atoms with E-state index in [-0.39, 0.29) is 6.04 Å². The van der Waals surface area contributed by atoms with E-state index in [1.807, 2.05) is 36.4 Å². The molecule has 0 bridgehead atoms. The summed E-state index contributed by atoms with van der Waals surface area (Å²) in [4.78, 5) is 0. The third kappa shape index (κ3) is 2.26. The second kappa shape index (κ2) is 5.14. The number of hydrogen-bond acceptors (Lipinski definition) is 4. The lowest BCUT2D eigenvalue weighted by atomic mass is 10.0. The van der Waals surface area contributed by atoms with Gasteiger partial charge in [0.15, 0.2) is 0 Å². The molecule has 1 N–H and O–H groups in total. The number of ether oxygens (including phenoxy) is 2. The highest BCUT2D eigenvalue weighted by Gasteiger charge is 2.20. The molecule has 1 atom stereocenters. The van der Waals surface area contributed by atoms with Crippen molar-refractivity contribution in [2.75, 3.05) is 19.0 Å². The summed E-state index contributed by atoms with van der Waals surface area (Å²) in [6.45, 7) is 0.561. The zero-order chi connectivity index (χ0) is 13.9. The van der Waals surface area contributed by atoms with Crippen LogP contribution in [0, 0.1) is 11.3 Å². The van der Waals surface area contributed by atoms with Crippen LogP contribution in [0.2, 0.25) is 0 Å². The Morgan fingerprint density at radius 1 is 1.25 bits per heavy atom. The zero-order valence-corrected chi connectivity index (χ0v) is 11.1. The second-order valence-corrected chi connectivity index (χ2v) is 4.60. The summed E-state index contributed by atoms with van der Waals surface area (Å²) in [5, 5.41) is 12.4. The first-order valence-electron chi connectivity index (χ1n) is 6.37. The topological polar surface area (TPSA) is 54.3 Å². The molecule has 0 fully saturated rings. The SMILES string of the molecule is COc1ccc(C2COc3ccc(C#N)cc3N2)cc1. The van der Waals surface area contributed by atoms with Crippen molar-refractivity contribution < 1.29 is 9.47 Å². The molecule has 0 amide bonds. The van der Waals surface area contributed by atoms with Gasteiger partial charge in [-0.3, -0.25) is 0 Å². The van der Waals surface area contributed by atoms with E-state index < -0.39 is 0 Å². The van der Waals surface area contributed by atoms with Gasteiger partial charge in [-0.1, -0.05) is 12.1 Å². The molecule has 4 nitrogen and oxygen atoms in total. The Labute approximate surface area is 117 Å². The molecule has 0 radical (unpaired) electrons. The molecule has 2 aromatic carbocycles. The number of nitrogens with zero attached hydrogens (tertiary/aromatic N) is 1. The van der Waals surface area contributed by atoms with Crippen LogP contribution in [0.4, 0.5) is 5.69 Å². The van der Waals surface area contributed by atoms with Gasteiger partial charge in [0.25, 0.3) is 0 Å². The van der Waals surface area contributed by atoms with Crippen LogP contribution in [0.1, 0.15) is 17.2 Å². The fraction of sp³-hybridized carbons (Fsp3) is 0.188. The molecule has 20 heavy (non-hydrogen) atoms. The molecule has 0 saturated carbocycles. The van der Waals surface area contributed by atoms with Crippen LogP contribution < -0.4 is 14.8 Å². The quantitative estimate of drug-likeness (QED) is 0.907. The van der Waals surface area contributed by atoms with Crippen LogP contribution in [-0.4, -0.2) is 13.7 Å². The van der Waals surface area contributed by atoms with Crippen molar-refractivity contribution in [2.45, 2.75) is 6.04 Å².